The zero-order valence-corrected chi connectivity index (χ0v) is 12.4. The van der Waals surface area contributed by atoms with Crippen LogP contribution in [0.5, 0.6) is 0 Å². The van der Waals surface area contributed by atoms with Gasteiger partial charge in [0.05, 0.1) is 0 Å². The van der Waals surface area contributed by atoms with Crippen molar-refractivity contribution in [3.8, 4) is 0 Å². The Kier molecular flexibility index (Phi) is 7.49. The molecule has 2 atom stereocenters. The Morgan fingerprint density at radius 2 is 2.44 bits per heavy atom. The molecule has 18 heavy (non-hydrogen) atoms. The van der Waals surface area contributed by atoms with E-state index >= 15 is 0 Å². The summed E-state index contributed by atoms with van der Waals surface area (Å²) in [5, 5.41) is 3.27. The maximum absolute atomic E-state index is 4.00. The van der Waals surface area contributed by atoms with Gasteiger partial charge in [0.25, 0.3) is 0 Å². The zero-order chi connectivity index (χ0) is 13.2. The summed E-state index contributed by atoms with van der Waals surface area (Å²) in [6.45, 7) is 5.25. The Labute approximate surface area is 115 Å². The van der Waals surface area contributed by atoms with Gasteiger partial charge in [-0.3, -0.25) is 4.99 Å². The van der Waals surface area contributed by atoms with Gasteiger partial charge in [0, 0.05) is 37.8 Å². The number of hydrogen-bond donors (Lipinski definition) is 1. The highest BCUT2D eigenvalue weighted by Crippen LogP contribution is 2.22. The number of aliphatic imine (C=N–C) groups is 1. The van der Waals surface area contributed by atoms with Gasteiger partial charge in [0.15, 0.2) is 24.4 Å². The van der Waals surface area contributed by atoms with Crippen LogP contribution in [0.3, 0.4) is 0 Å². The first-order valence-corrected chi connectivity index (χ1v) is 7.66. The van der Waals surface area contributed by atoms with Crippen molar-refractivity contribution in [3.05, 3.63) is 24.7 Å². The Morgan fingerprint density at radius 1 is 1.61 bits per heavy atom. The third-order valence-corrected chi connectivity index (χ3v) is 3.84. The Bertz CT molecular complexity index is 345. The van der Waals surface area contributed by atoms with E-state index in [1.165, 1.54) is 6.42 Å². The molecule has 0 saturated heterocycles. The average molecular weight is 266 g/mol. The van der Waals surface area contributed by atoms with Crippen LogP contribution in [0.1, 0.15) is 26.7 Å². The van der Waals surface area contributed by atoms with Gasteiger partial charge in [-0.1, -0.05) is 6.92 Å². The maximum Gasteiger partial charge on any atom is 0.179 e. The van der Waals surface area contributed by atoms with Crippen molar-refractivity contribution >= 4 is 24.4 Å². The van der Waals surface area contributed by atoms with E-state index in [9.17, 15) is 0 Å². The fourth-order valence-corrected chi connectivity index (χ4v) is 2.34. The summed E-state index contributed by atoms with van der Waals surface area (Å²) in [4.78, 5) is 4.00. The van der Waals surface area contributed by atoms with E-state index in [1.807, 2.05) is 13.1 Å². The Hall–Kier alpha value is -1.03. The molecular weight excluding hydrogens is 242 g/mol. The van der Waals surface area contributed by atoms with Crippen LogP contribution in [0.15, 0.2) is 29.7 Å². The van der Waals surface area contributed by atoms with E-state index in [4.69, 9.17) is 0 Å². The lowest BCUT2D eigenvalue weighted by atomic mass is 9.88. The summed E-state index contributed by atoms with van der Waals surface area (Å²) in [7, 11) is 0. The second kappa shape index (κ2) is 8.97. The summed E-state index contributed by atoms with van der Waals surface area (Å²) in [5.74, 6) is 1.38. The van der Waals surface area contributed by atoms with Gasteiger partial charge in [0.2, 0.25) is 0 Å². The van der Waals surface area contributed by atoms with E-state index in [1.54, 1.807) is 24.4 Å². The van der Waals surface area contributed by atoms with Crippen LogP contribution in [-0.2, 0) is 0 Å². The van der Waals surface area contributed by atoms with E-state index in [2.05, 4.69) is 46.0 Å². The molecule has 1 aliphatic rings. The molecule has 100 valence electrons. The van der Waals surface area contributed by atoms with Crippen LogP contribution in [0, 0.1) is 11.8 Å². The molecule has 1 rings (SSSR count). The summed E-state index contributed by atoms with van der Waals surface area (Å²) in [6, 6.07) is 0. The van der Waals surface area contributed by atoms with Gasteiger partial charge in [-0.25, -0.2) is 0 Å². The SMILES string of the molecule is CC=N/C=C\NCCC(C)C1C=C[N+](SC)=CC1. The number of nitrogens with zero attached hydrogens (tertiary/aromatic N) is 2. The van der Waals surface area contributed by atoms with Crippen molar-refractivity contribution in [2.75, 3.05) is 12.8 Å². The summed E-state index contributed by atoms with van der Waals surface area (Å²) < 4.78 is 2.17. The lowest BCUT2D eigenvalue weighted by molar-refractivity contribution is -0.256. The lowest BCUT2D eigenvalue weighted by Gasteiger charge is -2.19. The quantitative estimate of drug-likeness (QED) is 0.332. The predicted molar refractivity (Wildman–Crippen MR) is 82.2 cm³/mol. The average Bonchev–Trinajstić information content (AvgIpc) is 2.42. The molecule has 3 nitrogen and oxygen atoms in total. The van der Waals surface area contributed by atoms with Crippen molar-refractivity contribution in [3.63, 3.8) is 0 Å². The first-order valence-electron chi connectivity index (χ1n) is 6.48. The molecule has 4 heteroatoms. The van der Waals surface area contributed by atoms with Gasteiger partial charge in [-0.2, -0.15) is 0 Å². The fraction of sp³-hybridized carbons (Fsp3) is 0.571. The minimum absolute atomic E-state index is 0.674. The van der Waals surface area contributed by atoms with Gasteiger partial charge in [-0.05, 0) is 31.3 Å². The molecule has 0 spiro atoms. The number of hydrogen-bond acceptors (Lipinski definition) is 3. The van der Waals surface area contributed by atoms with E-state index < -0.39 is 0 Å². The summed E-state index contributed by atoms with van der Waals surface area (Å²) in [6.07, 6.45) is 16.7. The third-order valence-electron chi connectivity index (χ3n) is 3.15. The highest BCUT2D eigenvalue weighted by Gasteiger charge is 2.19. The number of allylic oxidation sites excluding steroid dienone is 1. The topological polar surface area (TPSA) is 27.4 Å². The van der Waals surface area contributed by atoms with Crippen molar-refractivity contribution in [1.29, 1.82) is 0 Å². The molecule has 0 saturated carbocycles. The van der Waals surface area contributed by atoms with Crippen molar-refractivity contribution in [1.82, 2.24) is 5.32 Å². The summed E-state index contributed by atoms with van der Waals surface area (Å²) in [5.41, 5.74) is 0. The van der Waals surface area contributed by atoms with Crippen LogP contribution in [-0.4, -0.2) is 29.2 Å². The van der Waals surface area contributed by atoms with E-state index in [0.717, 1.165) is 13.0 Å². The van der Waals surface area contributed by atoms with Crippen molar-refractivity contribution in [2.24, 2.45) is 16.8 Å². The van der Waals surface area contributed by atoms with Crippen LogP contribution in [0.2, 0.25) is 0 Å². The van der Waals surface area contributed by atoms with Gasteiger partial charge in [-0.15, -0.1) is 3.98 Å². The van der Waals surface area contributed by atoms with Crippen LogP contribution in [0.25, 0.3) is 0 Å². The highest BCUT2D eigenvalue weighted by atomic mass is 32.2. The van der Waals surface area contributed by atoms with Gasteiger partial charge in [0.1, 0.15) is 0 Å². The normalized spacial score (nSPS) is 21.5. The fourth-order valence-electron chi connectivity index (χ4n) is 1.91. The number of rotatable bonds is 7. The van der Waals surface area contributed by atoms with Crippen molar-refractivity contribution < 1.29 is 3.98 Å². The van der Waals surface area contributed by atoms with Crippen LogP contribution in [0.4, 0.5) is 0 Å². The second-order valence-corrected chi connectivity index (χ2v) is 5.20. The minimum Gasteiger partial charge on any atom is -0.390 e. The van der Waals surface area contributed by atoms with Crippen LogP contribution < -0.4 is 5.32 Å². The smallest absolute Gasteiger partial charge is 0.179 e. The molecule has 1 heterocycles. The van der Waals surface area contributed by atoms with Gasteiger partial charge >= 0.3 is 0 Å². The molecule has 1 aliphatic heterocycles. The van der Waals surface area contributed by atoms with Crippen LogP contribution >= 0.6 is 11.9 Å². The maximum atomic E-state index is 4.00. The molecule has 0 amide bonds. The summed E-state index contributed by atoms with van der Waals surface area (Å²) >= 11 is 1.74. The molecule has 0 aromatic heterocycles. The molecule has 0 bridgehead atoms. The first kappa shape index (κ1) is 15.0. The molecule has 1 N–H and O–H groups in total. The minimum atomic E-state index is 0.674. The monoisotopic (exact) mass is 266 g/mol. The molecular formula is C14H24N3S+. The Morgan fingerprint density at radius 3 is 3.06 bits per heavy atom. The van der Waals surface area contributed by atoms with E-state index in [-0.39, 0.29) is 0 Å². The molecule has 2 unspecified atom stereocenters. The van der Waals surface area contributed by atoms with Crippen molar-refractivity contribution in [2.45, 2.75) is 26.7 Å². The Balaban J connectivity index is 2.20. The zero-order valence-electron chi connectivity index (χ0n) is 11.5. The highest BCUT2D eigenvalue weighted by molar-refractivity contribution is 7.92. The standard InChI is InChI=1S/C14H24N3S/c1-4-15-9-10-16-8-5-13(2)14-6-11-17(18-3)12-7-14/h4,6,9-14,16H,5,7-8H2,1-3H3/q+1/b10-9-,15-4?. The molecule has 0 fully saturated rings. The molecule has 0 aliphatic carbocycles. The first-order chi connectivity index (χ1) is 8.77. The predicted octanol–water partition coefficient (Wildman–Crippen LogP) is 3.06. The van der Waals surface area contributed by atoms with E-state index in [0.29, 0.717) is 11.8 Å². The number of nitrogens with one attached hydrogen (secondary N) is 1. The molecule has 0 aromatic rings. The third kappa shape index (κ3) is 5.54. The molecule has 0 radical (unpaired) electrons. The molecule has 0 aromatic carbocycles. The van der Waals surface area contributed by atoms with Gasteiger partial charge < -0.3 is 5.32 Å². The largest absolute Gasteiger partial charge is 0.390 e. The second-order valence-electron chi connectivity index (χ2n) is 4.41. The lowest BCUT2D eigenvalue weighted by Crippen LogP contribution is -2.19.